The number of aliphatic hydroxyl groups excluding tert-OH is 1. The molecule has 0 saturated heterocycles. The minimum Gasteiger partial charge on any atom is -0.508 e. The maximum Gasteiger partial charge on any atom is 0.116 e. The molecule has 0 amide bonds. The van der Waals surface area contributed by atoms with E-state index in [4.69, 9.17) is 5.11 Å². The lowest BCUT2D eigenvalue weighted by Gasteiger charge is -2.01. The van der Waals surface area contributed by atoms with E-state index in [0.717, 1.165) is 10.2 Å². The highest BCUT2D eigenvalue weighted by Gasteiger charge is 2.01. The zero-order chi connectivity index (χ0) is 13.0. The van der Waals surface area contributed by atoms with Gasteiger partial charge >= 0.3 is 0 Å². The molecule has 4 nitrogen and oxygen atoms in total. The molecule has 0 spiro atoms. The van der Waals surface area contributed by atoms with E-state index in [1.165, 1.54) is 12.1 Å². The van der Waals surface area contributed by atoms with Crippen LogP contribution in [0.2, 0.25) is 0 Å². The number of aliphatic hydroxyl groups is 1. The van der Waals surface area contributed by atoms with Crippen LogP contribution in [0.3, 0.4) is 0 Å². The van der Waals surface area contributed by atoms with Crippen molar-refractivity contribution in [3.63, 3.8) is 0 Å². The average Bonchev–Trinajstić information content (AvgIpc) is 2.39. The van der Waals surface area contributed by atoms with E-state index in [9.17, 15) is 5.11 Å². The molecule has 0 unspecified atom stereocenters. The van der Waals surface area contributed by atoms with Crippen LogP contribution in [0.15, 0.2) is 57.2 Å². The molecule has 0 saturated carbocycles. The van der Waals surface area contributed by atoms with Crippen LogP contribution in [-0.4, -0.2) is 10.2 Å². The number of nitrogens with zero attached hydrogens (tertiary/aromatic N) is 2. The third-order valence-electron chi connectivity index (χ3n) is 2.33. The van der Waals surface area contributed by atoms with Gasteiger partial charge < -0.3 is 10.2 Å². The molecule has 0 aliphatic carbocycles. The Balaban J connectivity index is 2.25. The van der Waals surface area contributed by atoms with Gasteiger partial charge in [-0.2, -0.15) is 10.2 Å². The molecule has 2 rings (SSSR count). The molecule has 2 aromatic rings. The highest BCUT2D eigenvalue weighted by atomic mass is 79.9. The van der Waals surface area contributed by atoms with Gasteiger partial charge in [0.2, 0.25) is 0 Å². The van der Waals surface area contributed by atoms with Crippen molar-refractivity contribution in [1.82, 2.24) is 0 Å². The standard InChI is InChI=1S/C13H11BrN2O2/c14-10-1-3-11(4-2-10)15-16-13-6-5-12(18)7-9(13)8-17/h1-7,17-18H,8H2. The van der Waals surface area contributed by atoms with E-state index in [-0.39, 0.29) is 12.4 Å². The summed E-state index contributed by atoms with van der Waals surface area (Å²) in [6, 6.07) is 12.0. The van der Waals surface area contributed by atoms with Gasteiger partial charge in [0.25, 0.3) is 0 Å². The number of azo groups is 1. The molecule has 0 fully saturated rings. The zero-order valence-corrected chi connectivity index (χ0v) is 11.0. The normalized spacial score (nSPS) is 11.0. The minimum atomic E-state index is -0.191. The molecule has 0 aromatic heterocycles. The second-order valence-corrected chi connectivity index (χ2v) is 4.56. The van der Waals surface area contributed by atoms with Crippen LogP contribution < -0.4 is 0 Å². The lowest BCUT2D eigenvalue weighted by Crippen LogP contribution is -1.82. The lowest BCUT2D eigenvalue weighted by molar-refractivity contribution is 0.281. The van der Waals surface area contributed by atoms with Crippen LogP contribution in [-0.2, 0) is 6.61 Å². The van der Waals surface area contributed by atoms with Crippen molar-refractivity contribution in [2.24, 2.45) is 10.2 Å². The third kappa shape index (κ3) is 3.15. The van der Waals surface area contributed by atoms with E-state index in [1.54, 1.807) is 6.07 Å². The highest BCUT2D eigenvalue weighted by molar-refractivity contribution is 9.10. The fourth-order valence-corrected chi connectivity index (χ4v) is 1.68. The predicted octanol–water partition coefficient (Wildman–Crippen LogP) is 4.06. The van der Waals surface area contributed by atoms with Crippen LogP contribution in [0.4, 0.5) is 11.4 Å². The summed E-state index contributed by atoms with van der Waals surface area (Å²) in [7, 11) is 0. The third-order valence-corrected chi connectivity index (χ3v) is 2.86. The van der Waals surface area contributed by atoms with E-state index in [1.807, 2.05) is 24.3 Å². The summed E-state index contributed by atoms with van der Waals surface area (Å²) in [6.45, 7) is -0.191. The van der Waals surface area contributed by atoms with Crippen LogP contribution in [0, 0.1) is 0 Å². The second kappa shape index (κ2) is 5.75. The van der Waals surface area contributed by atoms with E-state index >= 15 is 0 Å². The van der Waals surface area contributed by atoms with Gasteiger partial charge in [-0.05, 0) is 42.5 Å². The summed E-state index contributed by atoms with van der Waals surface area (Å²) >= 11 is 3.34. The maximum absolute atomic E-state index is 9.30. The van der Waals surface area contributed by atoms with Gasteiger partial charge in [0.15, 0.2) is 0 Å². The van der Waals surface area contributed by atoms with E-state index in [0.29, 0.717) is 11.3 Å². The van der Waals surface area contributed by atoms with Gasteiger partial charge in [0, 0.05) is 10.0 Å². The maximum atomic E-state index is 9.30. The Labute approximate surface area is 113 Å². The van der Waals surface area contributed by atoms with Gasteiger partial charge in [-0.15, -0.1) is 0 Å². The first-order valence-corrected chi connectivity index (χ1v) is 6.08. The molecule has 0 bridgehead atoms. The zero-order valence-electron chi connectivity index (χ0n) is 9.42. The molecule has 0 heterocycles. The summed E-state index contributed by atoms with van der Waals surface area (Å²) in [6.07, 6.45) is 0. The van der Waals surface area contributed by atoms with Crippen molar-refractivity contribution in [3.05, 3.63) is 52.5 Å². The topological polar surface area (TPSA) is 65.2 Å². The average molecular weight is 307 g/mol. The molecule has 0 aliphatic rings. The number of benzene rings is 2. The molecular formula is C13H11BrN2O2. The number of hydrogen-bond acceptors (Lipinski definition) is 4. The smallest absolute Gasteiger partial charge is 0.116 e. The van der Waals surface area contributed by atoms with Crippen molar-refractivity contribution in [2.45, 2.75) is 6.61 Å². The molecule has 0 radical (unpaired) electrons. The van der Waals surface area contributed by atoms with Crippen molar-refractivity contribution in [2.75, 3.05) is 0 Å². The summed E-state index contributed by atoms with van der Waals surface area (Å²) in [4.78, 5) is 0. The minimum absolute atomic E-state index is 0.0987. The van der Waals surface area contributed by atoms with Crippen LogP contribution >= 0.6 is 15.9 Å². The van der Waals surface area contributed by atoms with Crippen LogP contribution in [0.25, 0.3) is 0 Å². The van der Waals surface area contributed by atoms with Gasteiger partial charge in [-0.3, -0.25) is 0 Å². The Kier molecular flexibility index (Phi) is 4.07. The number of phenolic OH excluding ortho intramolecular Hbond substituents is 1. The SMILES string of the molecule is OCc1cc(O)ccc1N=Nc1ccc(Br)cc1. The Hall–Kier alpha value is -1.72. The Morgan fingerprint density at radius 1 is 1.00 bits per heavy atom. The molecule has 92 valence electrons. The molecule has 2 N–H and O–H groups in total. The molecule has 0 atom stereocenters. The first-order chi connectivity index (χ1) is 8.69. The Bertz CT molecular complexity index is 568. The van der Waals surface area contributed by atoms with Crippen LogP contribution in [0.1, 0.15) is 5.56 Å². The van der Waals surface area contributed by atoms with Gasteiger partial charge in [0.05, 0.1) is 18.0 Å². The number of rotatable bonds is 3. The van der Waals surface area contributed by atoms with Gasteiger partial charge in [-0.25, -0.2) is 0 Å². The number of phenols is 1. The quantitative estimate of drug-likeness (QED) is 0.840. The second-order valence-electron chi connectivity index (χ2n) is 3.65. The predicted molar refractivity (Wildman–Crippen MR) is 72.3 cm³/mol. The van der Waals surface area contributed by atoms with Crippen molar-refractivity contribution >= 4 is 27.3 Å². The van der Waals surface area contributed by atoms with Gasteiger partial charge in [-0.1, -0.05) is 15.9 Å². The van der Waals surface area contributed by atoms with Gasteiger partial charge in [0.1, 0.15) is 5.75 Å². The van der Waals surface area contributed by atoms with Crippen molar-refractivity contribution in [3.8, 4) is 5.75 Å². The lowest BCUT2D eigenvalue weighted by atomic mass is 10.2. The van der Waals surface area contributed by atoms with E-state index in [2.05, 4.69) is 26.2 Å². The van der Waals surface area contributed by atoms with E-state index < -0.39 is 0 Å². The largest absolute Gasteiger partial charge is 0.508 e. The molecule has 2 aromatic carbocycles. The summed E-state index contributed by atoms with van der Waals surface area (Å²) in [5.74, 6) is 0.0987. The summed E-state index contributed by atoms with van der Waals surface area (Å²) in [5, 5.41) is 26.6. The highest BCUT2D eigenvalue weighted by Crippen LogP contribution is 2.26. The Morgan fingerprint density at radius 3 is 2.39 bits per heavy atom. The molecule has 5 heteroatoms. The number of hydrogen-bond donors (Lipinski definition) is 2. The number of aromatic hydroxyl groups is 1. The fourth-order valence-electron chi connectivity index (χ4n) is 1.42. The molecular weight excluding hydrogens is 296 g/mol. The Morgan fingerprint density at radius 2 is 1.72 bits per heavy atom. The summed E-state index contributed by atoms with van der Waals surface area (Å²) in [5.41, 5.74) is 1.80. The van der Waals surface area contributed by atoms with Crippen molar-refractivity contribution < 1.29 is 10.2 Å². The summed E-state index contributed by atoms with van der Waals surface area (Å²) < 4.78 is 0.974. The number of halogens is 1. The monoisotopic (exact) mass is 306 g/mol. The van der Waals surface area contributed by atoms with Crippen molar-refractivity contribution in [1.29, 1.82) is 0 Å². The molecule has 0 aliphatic heterocycles. The van der Waals surface area contributed by atoms with Crippen LogP contribution in [0.5, 0.6) is 5.75 Å². The molecule has 18 heavy (non-hydrogen) atoms. The first kappa shape index (κ1) is 12.7. The first-order valence-electron chi connectivity index (χ1n) is 5.29. The fraction of sp³-hybridized carbons (Fsp3) is 0.0769.